The van der Waals surface area contributed by atoms with E-state index in [9.17, 15) is 9.59 Å². The number of fused-ring (bicyclic) bond motifs is 1. The smallest absolute Gasteiger partial charge is 0.322 e. The zero-order chi connectivity index (χ0) is 22.1. The van der Waals surface area contributed by atoms with E-state index >= 15 is 0 Å². The second-order valence-corrected chi connectivity index (χ2v) is 7.85. The van der Waals surface area contributed by atoms with Gasteiger partial charge in [0.2, 0.25) is 0 Å². The Kier molecular flexibility index (Phi) is 5.61. The fourth-order valence-corrected chi connectivity index (χ4v) is 3.75. The molecule has 0 aliphatic carbocycles. The lowest BCUT2D eigenvalue weighted by atomic mass is 9.99. The van der Waals surface area contributed by atoms with Crippen molar-refractivity contribution >= 4 is 34.4 Å². The van der Waals surface area contributed by atoms with Gasteiger partial charge in [0, 0.05) is 35.2 Å². The second-order valence-electron chi connectivity index (χ2n) is 7.47. The van der Waals surface area contributed by atoms with Crippen molar-refractivity contribution in [2.75, 3.05) is 5.32 Å². The normalized spacial score (nSPS) is 12.1. The van der Waals surface area contributed by atoms with Crippen LogP contribution in [0.2, 0.25) is 5.15 Å². The lowest BCUT2D eigenvalue weighted by Crippen LogP contribution is -2.20. The molecule has 0 aliphatic rings. The first-order valence-corrected chi connectivity index (χ1v) is 10.4. The van der Waals surface area contributed by atoms with Crippen LogP contribution >= 0.6 is 11.6 Å². The number of benzene rings is 1. The van der Waals surface area contributed by atoms with Crippen molar-refractivity contribution in [2.45, 2.75) is 33.2 Å². The van der Waals surface area contributed by atoms with E-state index in [1.54, 1.807) is 16.8 Å². The highest BCUT2D eigenvalue weighted by atomic mass is 35.5. The largest absolute Gasteiger partial charge is 0.327 e. The molecule has 0 spiro atoms. The molecular formula is C23H22ClN5O2. The van der Waals surface area contributed by atoms with Gasteiger partial charge in [0.1, 0.15) is 5.15 Å². The summed E-state index contributed by atoms with van der Waals surface area (Å²) in [4.78, 5) is 36.5. The van der Waals surface area contributed by atoms with E-state index in [0.29, 0.717) is 22.4 Å². The molecule has 7 nitrogen and oxygen atoms in total. The average molecular weight is 436 g/mol. The number of pyridine rings is 2. The molecule has 1 atom stereocenters. The number of aromatic amines is 1. The molecule has 0 saturated heterocycles. The van der Waals surface area contributed by atoms with Crippen molar-refractivity contribution in [1.29, 1.82) is 0 Å². The maximum atomic E-state index is 12.6. The zero-order valence-corrected chi connectivity index (χ0v) is 18.2. The monoisotopic (exact) mass is 435 g/mol. The number of hydrogen-bond acceptors (Lipinski definition) is 4. The number of nitrogens with zero attached hydrogens (tertiary/aromatic N) is 3. The van der Waals surface area contributed by atoms with Gasteiger partial charge >= 0.3 is 5.69 Å². The minimum absolute atomic E-state index is 0.0305. The summed E-state index contributed by atoms with van der Waals surface area (Å²) in [5.41, 5.74) is 4.93. The molecule has 31 heavy (non-hydrogen) atoms. The number of aryl methyl sites for hydroxylation is 1. The minimum Gasteiger partial charge on any atom is -0.322 e. The molecule has 1 unspecified atom stereocenters. The van der Waals surface area contributed by atoms with Gasteiger partial charge in [-0.2, -0.15) is 0 Å². The number of hydrogen-bond donors (Lipinski definition) is 2. The molecule has 3 aromatic heterocycles. The molecule has 4 rings (SSSR count). The summed E-state index contributed by atoms with van der Waals surface area (Å²) in [6.07, 6.45) is 4.01. The van der Waals surface area contributed by atoms with Gasteiger partial charge in [-0.3, -0.25) is 9.36 Å². The van der Waals surface area contributed by atoms with Crippen molar-refractivity contribution in [2.24, 2.45) is 0 Å². The average Bonchev–Trinajstić information content (AvgIpc) is 3.10. The van der Waals surface area contributed by atoms with Gasteiger partial charge in [0.15, 0.2) is 5.65 Å². The lowest BCUT2D eigenvalue weighted by molar-refractivity contribution is 0.102. The molecule has 158 valence electrons. The summed E-state index contributed by atoms with van der Waals surface area (Å²) in [5, 5.41) is 3.15. The molecule has 1 amide bonds. The Morgan fingerprint density at radius 3 is 2.68 bits per heavy atom. The predicted octanol–water partition coefficient (Wildman–Crippen LogP) is 4.97. The van der Waals surface area contributed by atoms with E-state index in [4.69, 9.17) is 11.6 Å². The van der Waals surface area contributed by atoms with Crippen LogP contribution in [0.1, 0.15) is 42.2 Å². The first-order chi connectivity index (χ1) is 14.9. The van der Waals surface area contributed by atoms with Gasteiger partial charge in [0.25, 0.3) is 5.91 Å². The molecule has 4 aromatic rings. The maximum absolute atomic E-state index is 12.6. The number of rotatable bonds is 5. The molecular weight excluding hydrogens is 414 g/mol. The van der Waals surface area contributed by atoms with Gasteiger partial charge in [0.05, 0.1) is 5.52 Å². The van der Waals surface area contributed by atoms with Gasteiger partial charge < -0.3 is 10.3 Å². The van der Waals surface area contributed by atoms with Crippen LogP contribution in [0.5, 0.6) is 0 Å². The van der Waals surface area contributed by atoms with Crippen LogP contribution < -0.4 is 11.0 Å². The number of nitrogens with one attached hydrogen (secondary N) is 2. The number of amides is 1. The van der Waals surface area contributed by atoms with E-state index in [2.05, 4.69) is 20.3 Å². The fraction of sp³-hybridized carbons (Fsp3) is 0.217. The van der Waals surface area contributed by atoms with Crippen LogP contribution in [0.15, 0.2) is 53.6 Å². The van der Waals surface area contributed by atoms with Crippen molar-refractivity contribution in [3.05, 3.63) is 75.6 Å². The SMILES string of the molecule is CCC(C)n1c(=O)[nH]c2c(-c3cc(NC(=O)c4ccnc(Cl)c4)ccc3C)ccnc21. The van der Waals surface area contributed by atoms with Crippen LogP contribution in [0.4, 0.5) is 5.69 Å². The third kappa shape index (κ3) is 3.96. The number of halogens is 1. The van der Waals surface area contributed by atoms with Gasteiger partial charge in [-0.25, -0.2) is 14.8 Å². The van der Waals surface area contributed by atoms with Crippen LogP contribution in [0, 0.1) is 6.92 Å². The van der Waals surface area contributed by atoms with E-state index in [0.717, 1.165) is 23.1 Å². The van der Waals surface area contributed by atoms with Gasteiger partial charge in [-0.1, -0.05) is 24.6 Å². The molecule has 0 fully saturated rings. The number of imidazole rings is 1. The van der Waals surface area contributed by atoms with Crippen LogP contribution in [-0.2, 0) is 0 Å². The summed E-state index contributed by atoms with van der Waals surface area (Å²) in [6.45, 7) is 6.02. The zero-order valence-electron chi connectivity index (χ0n) is 17.4. The topological polar surface area (TPSA) is 92.7 Å². The van der Waals surface area contributed by atoms with Gasteiger partial charge in [-0.05, 0) is 61.7 Å². The summed E-state index contributed by atoms with van der Waals surface area (Å²) in [6, 6.07) is 10.7. The first-order valence-electron chi connectivity index (χ1n) is 10.0. The van der Waals surface area contributed by atoms with Gasteiger partial charge in [-0.15, -0.1) is 0 Å². The van der Waals surface area contributed by atoms with Crippen LogP contribution in [-0.4, -0.2) is 25.4 Å². The quantitative estimate of drug-likeness (QED) is 0.433. The molecule has 0 radical (unpaired) electrons. The standard InChI is InChI=1S/C23H22ClN5O2/c1-4-14(3)29-21-20(28-23(29)31)17(8-10-26-21)18-12-16(6-5-13(18)2)27-22(30)15-7-9-25-19(24)11-15/h5-12,14H,4H2,1-3H3,(H,27,30)(H,28,31). The predicted molar refractivity (Wildman–Crippen MR) is 123 cm³/mol. The molecule has 2 N–H and O–H groups in total. The van der Waals surface area contributed by atoms with E-state index in [1.165, 1.54) is 12.3 Å². The third-order valence-electron chi connectivity index (χ3n) is 5.42. The van der Waals surface area contributed by atoms with E-state index in [-0.39, 0.29) is 22.8 Å². The Hall–Kier alpha value is -3.45. The summed E-state index contributed by atoms with van der Waals surface area (Å²) in [5.74, 6) is -0.282. The summed E-state index contributed by atoms with van der Waals surface area (Å²) in [7, 11) is 0. The van der Waals surface area contributed by atoms with Crippen LogP contribution in [0.25, 0.3) is 22.3 Å². The highest BCUT2D eigenvalue weighted by molar-refractivity contribution is 6.29. The highest BCUT2D eigenvalue weighted by Crippen LogP contribution is 2.31. The molecule has 0 bridgehead atoms. The maximum Gasteiger partial charge on any atom is 0.327 e. The number of carbonyl (C=O) groups is 1. The molecule has 0 saturated carbocycles. The Labute approximate surface area is 184 Å². The van der Waals surface area contributed by atoms with Crippen molar-refractivity contribution in [3.63, 3.8) is 0 Å². The Balaban J connectivity index is 1.76. The Morgan fingerprint density at radius 1 is 1.16 bits per heavy atom. The third-order valence-corrected chi connectivity index (χ3v) is 5.62. The molecule has 8 heteroatoms. The van der Waals surface area contributed by atoms with Crippen molar-refractivity contribution < 1.29 is 4.79 Å². The second kappa shape index (κ2) is 8.35. The van der Waals surface area contributed by atoms with Crippen molar-refractivity contribution in [1.82, 2.24) is 19.5 Å². The van der Waals surface area contributed by atoms with Crippen LogP contribution in [0.3, 0.4) is 0 Å². The lowest BCUT2D eigenvalue weighted by Gasteiger charge is -2.12. The van der Waals surface area contributed by atoms with E-state index < -0.39 is 0 Å². The number of anilines is 1. The fourth-order valence-electron chi connectivity index (χ4n) is 3.57. The Bertz CT molecular complexity index is 1340. The van der Waals surface area contributed by atoms with Crippen molar-refractivity contribution in [3.8, 4) is 11.1 Å². The highest BCUT2D eigenvalue weighted by Gasteiger charge is 2.17. The molecule has 1 aromatic carbocycles. The minimum atomic E-state index is -0.282. The number of carbonyl (C=O) groups excluding carboxylic acids is 1. The summed E-state index contributed by atoms with van der Waals surface area (Å²) >= 11 is 5.89. The first kappa shape index (κ1) is 20.8. The number of H-pyrrole nitrogens is 1. The molecule has 0 aliphatic heterocycles. The Morgan fingerprint density at radius 2 is 1.94 bits per heavy atom. The summed E-state index contributed by atoms with van der Waals surface area (Å²) < 4.78 is 1.69. The molecule has 3 heterocycles. The number of aromatic nitrogens is 4. The van der Waals surface area contributed by atoms with E-state index in [1.807, 2.05) is 45.0 Å².